The molecule has 1 aromatic rings. The van der Waals surface area contributed by atoms with Gasteiger partial charge in [-0.2, -0.15) is 0 Å². The maximum absolute atomic E-state index is 5.90. The molecule has 100 valence electrons. The molecule has 1 aliphatic rings. The highest BCUT2D eigenvalue weighted by Gasteiger charge is 2.30. The molecule has 3 heteroatoms. The lowest BCUT2D eigenvalue weighted by Crippen LogP contribution is -2.40. The standard InChI is InChI=1S/C15H25N3/c1-3-18(15-8-4-7-13(15)10-16)11-14-12(2)6-5-9-17-14/h5-6,9,13,15H,3-4,7-8,10-11,16H2,1-2H3. The normalized spacial score (nSPS) is 23.8. The number of nitrogens with zero attached hydrogens (tertiary/aromatic N) is 2. The van der Waals surface area contributed by atoms with Crippen LogP contribution < -0.4 is 5.73 Å². The summed E-state index contributed by atoms with van der Waals surface area (Å²) in [6, 6.07) is 4.81. The van der Waals surface area contributed by atoms with Crippen LogP contribution in [0.1, 0.15) is 37.4 Å². The molecule has 1 fully saturated rings. The summed E-state index contributed by atoms with van der Waals surface area (Å²) < 4.78 is 0. The lowest BCUT2D eigenvalue weighted by Gasteiger charge is -2.31. The number of rotatable bonds is 5. The third kappa shape index (κ3) is 2.90. The van der Waals surface area contributed by atoms with E-state index in [9.17, 15) is 0 Å². The van der Waals surface area contributed by atoms with E-state index in [1.54, 1.807) is 0 Å². The van der Waals surface area contributed by atoms with Crippen LogP contribution in [0.2, 0.25) is 0 Å². The van der Waals surface area contributed by atoms with E-state index >= 15 is 0 Å². The summed E-state index contributed by atoms with van der Waals surface area (Å²) in [6.45, 7) is 7.25. The Labute approximate surface area is 110 Å². The van der Waals surface area contributed by atoms with Crippen molar-refractivity contribution in [3.05, 3.63) is 29.6 Å². The van der Waals surface area contributed by atoms with Crippen LogP contribution in [0.4, 0.5) is 0 Å². The molecule has 0 amide bonds. The molecule has 1 aromatic heterocycles. The van der Waals surface area contributed by atoms with E-state index in [0.717, 1.165) is 19.6 Å². The first-order chi connectivity index (χ1) is 8.76. The zero-order valence-electron chi connectivity index (χ0n) is 11.6. The smallest absolute Gasteiger partial charge is 0.0573 e. The molecule has 2 N–H and O–H groups in total. The number of nitrogens with two attached hydrogens (primary N) is 1. The van der Waals surface area contributed by atoms with Gasteiger partial charge in [0.25, 0.3) is 0 Å². The minimum absolute atomic E-state index is 0.654. The van der Waals surface area contributed by atoms with Crippen molar-refractivity contribution in [2.24, 2.45) is 11.7 Å². The third-order valence-corrected chi connectivity index (χ3v) is 4.27. The van der Waals surface area contributed by atoms with Gasteiger partial charge < -0.3 is 5.73 Å². The van der Waals surface area contributed by atoms with E-state index < -0.39 is 0 Å². The number of aryl methyl sites for hydroxylation is 1. The first-order valence-corrected chi connectivity index (χ1v) is 7.10. The molecule has 0 saturated heterocycles. The van der Waals surface area contributed by atoms with Crippen LogP contribution in [0.3, 0.4) is 0 Å². The third-order valence-electron chi connectivity index (χ3n) is 4.27. The van der Waals surface area contributed by atoms with Crippen LogP contribution in [-0.2, 0) is 6.54 Å². The molecule has 2 rings (SSSR count). The highest BCUT2D eigenvalue weighted by Crippen LogP contribution is 2.30. The molecule has 0 radical (unpaired) electrons. The summed E-state index contributed by atoms with van der Waals surface area (Å²) in [4.78, 5) is 7.07. The maximum atomic E-state index is 5.90. The van der Waals surface area contributed by atoms with Gasteiger partial charge in [-0.05, 0) is 50.4 Å². The Hall–Kier alpha value is -0.930. The van der Waals surface area contributed by atoms with E-state index in [1.807, 2.05) is 12.3 Å². The lowest BCUT2D eigenvalue weighted by molar-refractivity contribution is 0.160. The predicted molar refractivity (Wildman–Crippen MR) is 75.2 cm³/mol. The Morgan fingerprint density at radius 1 is 1.44 bits per heavy atom. The van der Waals surface area contributed by atoms with Crippen LogP contribution >= 0.6 is 0 Å². The SMILES string of the molecule is CCN(Cc1ncccc1C)C1CCCC1CN. The number of hydrogen-bond donors (Lipinski definition) is 1. The average Bonchev–Trinajstić information content (AvgIpc) is 2.86. The Balaban J connectivity index is 2.07. The Kier molecular flexibility index (Phi) is 4.72. The van der Waals surface area contributed by atoms with Crippen LogP contribution in [0.5, 0.6) is 0 Å². The summed E-state index contributed by atoms with van der Waals surface area (Å²) in [5, 5.41) is 0. The minimum atomic E-state index is 0.654. The molecule has 0 spiro atoms. The van der Waals surface area contributed by atoms with E-state index in [2.05, 4.69) is 29.8 Å². The second-order valence-electron chi connectivity index (χ2n) is 5.32. The topological polar surface area (TPSA) is 42.2 Å². The Bertz CT molecular complexity index is 378. The zero-order valence-corrected chi connectivity index (χ0v) is 11.6. The van der Waals surface area contributed by atoms with E-state index in [4.69, 9.17) is 5.73 Å². The lowest BCUT2D eigenvalue weighted by atomic mass is 10.0. The fraction of sp³-hybridized carbons (Fsp3) is 0.667. The van der Waals surface area contributed by atoms with Crippen molar-refractivity contribution in [1.82, 2.24) is 9.88 Å². The van der Waals surface area contributed by atoms with Gasteiger partial charge >= 0.3 is 0 Å². The molecule has 1 saturated carbocycles. The van der Waals surface area contributed by atoms with Crippen molar-refractivity contribution in [1.29, 1.82) is 0 Å². The zero-order chi connectivity index (χ0) is 13.0. The quantitative estimate of drug-likeness (QED) is 0.868. The molecule has 0 aromatic carbocycles. The molecule has 2 atom stereocenters. The molecular formula is C15H25N3. The van der Waals surface area contributed by atoms with Crippen LogP contribution in [0.15, 0.2) is 18.3 Å². The van der Waals surface area contributed by atoms with Crippen molar-refractivity contribution < 1.29 is 0 Å². The predicted octanol–water partition coefficient (Wildman–Crippen LogP) is 2.34. The van der Waals surface area contributed by atoms with Gasteiger partial charge in [-0.25, -0.2) is 0 Å². The average molecular weight is 247 g/mol. The van der Waals surface area contributed by atoms with Crippen molar-refractivity contribution in [2.45, 2.75) is 45.7 Å². The fourth-order valence-corrected chi connectivity index (χ4v) is 3.11. The van der Waals surface area contributed by atoms with Gasteiger partial charge in [-0.1, -0.05) is 19.4 Å². The first-order valence-electron chi connectivity index (χ1n) is 7.10. The largest absolute Gasteiger partial charge is 0.330 e. The summed E-state index contributed by atoms with van der Waals surface area (Å²) in [5.41, 5.74) is 8.40. The molecule has 1 aliphatic carbocycles. The summed E-state index contributed by atoms with van der Waals surface area (Å²) >= 11 is 0. The molecule has 0 aliphatic heterocycles. The van der Waals surface area contributed by atoms with Crippen LogP contribution in [0.25, 0.3) is 0 Å². The highest BCUT2D eigenvalue weighted by atomic mass is 15.2. The van der Waals surface area contributed by atoms with Crippen LogP contribution in [0, 0.1) is 12.8 Å². The van der Waals surface area contributed by atoms with E-state index in [1.165, 1.54) is 30.5 Å². The van der Waals surface area contributed by atoms with E-state index in [-0.39, 0.29) is 0 Å². The number of hydrogen-bond acceptors (Lipinski definition) is 3. The molecule has 0 bridgehead atoms. The van der Waals surface area contributed by atoms with Gasteiger partial charge in [0.1, 0.15) is 0 Å². The summed E-state index contributed by atoms with van der Waals surface area (Å²) in [5.74, 6) is 0.675. The molecule has 3 nitrogen and oxygen atoms in total. The van der Waals surface area contributed by atoms with Gasteiger partial charge in [0.2, 0.25) is 0 Å². The van der Waals surface area contributed by atoms with Gasteiger partial charge in [-0.3, -0.25) is 9.88 Å². The van der Waals surface area contributed by atoms with Crippen molar-refractivity contribution in [3.63, 3.8) is 0 Å². The van der Waals surface area contributed by atoms with Crippen molar-refractivity contribution >= 4 is 0 Å². The highest BCUT2D eigenvalue weighted by molar-refractivity contribution is 5.17. The van der Waals surface area contributed by atoms with E-state index in [0.29, 0.717) is 12.0 Å². The maximum Gasteiger partial charge on any atom is 0.0573 e. The monoisotopic (exact) mass is 247 g/mol. The van der Waals surface area contributed by atoms with Gasteiger partial charge in [0.05, 0.1) is 5.69 Å². The second kappa shape index (κ2) is 6.30. The second-order valence-corrected chi connectivity index (χ2v) is 5.32. The number of aromatic nitrogens is 1. The first kappa shape index (κ1) is 13.5. The minimum Gasteiger partial charge on any atom is -0.330 e. The Morgan fingerprint density at radius 2 is 2.28 bits per heavy atom. The van der Waals surface area contributed by atoms with Gasteiger partial charge in [-0.15, -0.1) is 0 Å². The molecule has 2 unspecified atom stereocenters. The van der Waals surface area contributed by atoms with Crippen LogP contribution in [-0.4, -0.2) is 29.0 Å². The fourth-order valence-electron chi connectivity index (χ4n) is 3.11. The van der Waals surface area contributed by atoms with Crippen molar-refractivity contribution in [2.75, 3.05) is 13.1 Å². The molecule has 18 heavy (non-hydrogen) atoms. The van der Waals surface area contributed by atoms with Gasteiger partial charge in [0.15, 0.2) is 0 Å². The molecular weight excluding hydrogens is 222 g/mol. The summed E-state index contributed by atoms with van der Waals surface area (Å²) in [7, 11) is 0. The van der Waals surface area contributed by atoms with Crippen molar-refractivity contribution in [3.8, 4) is 0 Å². The Morgan fingerprint density at radius 3 is 2.94 bits per heavy atom. The number of pyridine rings is 1. The molecule has 1 heterocycles. The van der Waals surface area contributed by atoms with Gasteiger partial charge in [0, 0.05) is 18.8 Å². The summed E-state index contributed by atoms with van der Waals surface area (Å²) in [6.07, 6.45) is 5.80.